The van der Waals surface area contributed by atoms with Crippen molar-refractivity contribution in [3.05, 3.63) is 35.9 Å². The van der Waals surface area contributed by atoms with Crippen LogP contribution in [-0.4, -0.2) is 6.54 Å². The summed E-state index contributed by atoms with van der Waals surface area (Å²) >= 11 is 0. The third kappa shape index (κ3) is 1.98. The Hall–Kier alpha value is -0.820. The van der Waals surface area contributed by atoms with Crippen molar-refractivity contribution < 1.29 is 0 Å². The van der Waals surface area contributed by atoms with Crippen molar-refractivity contribution in [2.75, 3.05) is 6.54 Å². The van der Waals surface area contributed by atoms with Crippen LogP contribution in [0.25, 0.3) is 0 Å². The average molecular weight is 189 g/mol. The van der Waals surface area contributed by atoms with E-state index in [0.29, 0.717) is 5.41 Å². The Morgan fingerprint density at radius 1 is 1.14 bits per heavy atom. The van der Waals surface area contributed by atoms with Crippen molar-refractivity contribution in [1.82, 2.24) is 0 Å². The second-order valence-electron chi connectivity index (χ2n) is 4.55. The summed E-state index contributed by atoms with van der Waals surface area (Å²) in [5.41, 5.74) is 7.70. The van der Waals surface area contributed by atoms with Crippen LogP contribution in [0.4, 0.5) is 0 Å². The molecule has 1 aliphatic rings. The molecule has 2 N–H and O–H groups in total. The first-order valence-corrected chi connectivity index (χ1v) is 5.59. The molecule has 0 aliphatic heterocycles. The highest BCUT2D eigenvalue weighted by Gasteiger charge is 2.35. The van der Waals surface area contributed by atoms with Gasteiger partial charge in [0.15, 0.2) is 0 Å². The van der Waals surface area contributed by atoms with E-state index in [1.54, 1.807) is 0 Å². The van der Waals surface area contributed by atoms with Crippen LogP contribution < -0.4 is 5.73 Å². The van der Waals surface area contributed by atoms with Crippen molar-refractivity contribution in [1.29, 1.82) is 0 Å². The van der Waals surface area contributed by atoms with Crippen molar-refractivity contribution in [3.63, 3.8) is 0 Å². The lowest BCUT2D eigenvalue weighted by atomic mass is 9.63. The maximum absolute atomic E-state index is 5.68. The Labute approximate surface area is 86.3 Å². The molecule has 1 aromatic rings. The van der Waals surface area contributed by atoms with Crippen molar-refractivity contribution in [3.8, 4) is 0 Å². The van der Waals surface area contributed by atoms with Crippen LogP contribution >= 0.6 is 0 Å². The first-order chi connectivity index (χ1) is 6.85. The molecule has 1 saturated carbocycles. The lowest BCUT2D eigenvalue weighted by Crippen LogP contribution is -2.34. The van der Waals surface area contributed by atoms with Crippen LogP contribution in [0.1, 0.15) is 31.2 Å². The molecule has 1 fully saturated rings. The van der Waals surface area contributed by atoms with Gasteiger partial charge in [0.2, 0.25) is 0 Å². The van der Waals surface area contributed by atoms with Crippen LogP contribution in [0.15, 0.2) is 30.3 Å². The highest BCUT2D eigenvalue weighted by atomic mass is 14.6. The summed E-state index contributed by atoms with van der Waals surface area (Å²) in [5.74, 6) is 0. The van der Waals surface area contributed by atoms with Gasteiger partial charge in [-0.15, -0.1) is 0 Å². The minimum atomic E-state index is 0.552. The average Bonchev–Trinajstić information content (AvgIpc) is 2.16. The molecule has 1 aliphatic carbocycles. The molecule has 0 aromatic heterocycles. The maximum atomic E-state index is 5.68. The number of hydrogen-bond donors (Lipinski definition) is 1. The predicted molar refractivity (Wildman–Crippen MR) is 60.1 cm³/mol. The molecule has 1 heteroatoms. The Bertz CT molecular complexity index is 275. The summed E-state index contributed by atoms with van der Waals surface area (Å²) in [6.45, 7) is 0.840. The predicted octanol–water partition coefficient (Wildman–Crippen LogP) is 2.75. The molecule has 1 aromatic carbocycles. The second-order valence-corrected chi connectivity index (χ2v) is 4.55. The van der Waals surface area contributed by atoms with Crippen molar-refractivity contribution in [2.45, 2.75) is 32.1 Å². The Morgan fingerprint density at radius 2 is 1.86 bits per heavy atom. The van der Waals surface area contributed by atoms with Crippen LogP contribution in [0.2, 0.25) is 0 Å². The largest absolute Gasteiger partial charge is 0.330 e. The van der Waals surface area contributed by atoms with Crippen LogP contribution in [-0.2, 0) is 6.42 Å². The third-order valence-corrected chi connectivity index (χ3v) is 3.51. The van der Waals surface area contributed by atoms with Gasteiger partial charge in [-0.2, -0.15) is 0 Å². The normalized spacial score (nSPS) is 18.9. The zero-order valence-electron chi connectivity index (χ0n) is 8.71. The van der Waals surface area contributed by atoms with Crippen LogP contribution in [0, 0.1) is 5.41 Å². The molecule has 0 bridgehead atoms. The van der Waals surface area contributed by atoms with Gasteiger partial charge in [0.1, 0.15) is 0 Å². The molecular weight excluding hydrogens is 170 g/mol. The van der Waals surface area contributed by atoms with E-state index >= 15 is 0 Å². The summed E-state index contributed by atoms with van der Waals surface area (Å²) in [6.07, 6.45) is 6.57. The zero-order valence-corrected chi connectivity index (χ0v) is 8.71. The molecular formula is C13H19N. The number of nitrogens with two attached hydrogens (primary N) is 1. The van der Waals surface area contributed by atoms with Gasteiger partial charge < -0.3 is 5.73 Å². The molecule has 1 nitrogen and oxygen atoms in total. The summed E-state index contributed by atoms with van der Waals surface area (Å²) in [6, 6.07) is 10.8. The molecule has 0 unspecified atom stereocenters. The van der Waals surface area contributed by atoms with Crippen LogP contribution in [0.3, 0.4) is 0 Å². The quantitative estimate of drug-likeness (QED) is 0.774. The van der Waals surface area contributed by atoms with Gasteiger partial charge in [-0.1, -0.05) is 36.8 Å². The number of rotatable bonds is 4. The Kier molecular flexibility index (Phi) is 2.87. The monoisotopic (exact) mass is 189 g/mol. The van der Waals surface area contributed by atoms with Gasteiger partial charge in [0.25, 0.3) is 0 Å². The molecule has 0 radical (unpaired) electrons. The first-order valence-electron chi connectivity index (χ1n) is 5.59. The fourth-order valence-corrected chi connectivity index (χ4v) is 2.53. The zero-order chi connectivity index (χ0) is 9.86. The molecule has 14 heavy (non-hydrogen) atoms. The van der Waals surface area contributed by atoms with E-state index in [9.17, 15) is 0 Å². The van der Waals surface area contributed by atoms with Gasteiger partial charge in [-0.3, -0.25) is 0 Å². The lowest BCUT2D eigenvalue weighted by Gasteiger charge is -2.42. The SMILES string of the molecule is NCCC1(Cc2ccccc2)CCC1. The summed E-state index contributed by atoms with van der Waals surface area (Å²) in [4.78, 5) is 0. The molecule has 2 rings (SSSR count). The Morgan fingerprint density at radius 3 is 2.36 bits per heavy atom. The molecule has 0 atom stereocenters. The van der Waals surface area contributed by atoms with E-state index in [-0.39, 0.29) is 0 Å². The van der Waals surface area contributed by atoms with E-state index in [2.05, 4.69) is 30.3 Å². The van der Waals surface area contributed by atoms with E-state index in [1.807, 2.05) is 0 Å². The van der Waals surface area contributed by atoms with E-state index in [0.717, 1.165) is 6.54 Å². The topological polar surface area (TPSA) is 26.0 Å². The molecule has 76 valence electrons. The van der Waals surface area contributed by atoms with Gasteiger partial charge in [0.05, 0.1) is 0 Å². The standard InChI is InChI=1S/C13H19N/c14-10-9-13(7-4-8-13)11-12-5-2-1-3-6-12/h1-3,5-6H,4,7-11,14H2. The number of hydrogen-bond acceptors (Lipinski definition) is 1. The van der Waals surface area contributed by atoms with Crippen LogP contribution in [0.5, 0.6) is 0 Å². The summed E-state index contributed by atoms with van der Waals surface area (Å²) in [5, 5.41) is 0. The fraction of sp³-hybridized carbons (Fsp3) is 0.538. The van der Waals surface area contributed by atoms with Crippen molar-refractivity contribution in [2.24, 2.45) is 11.1 Å². The van der Waals surface area contributed by atoms with Gasteiger partial charge in [0, 0.05) is 0 Å². The Balaban J connectivity index is 2.01. The maximum Gasteiger partial charge on any atom is -0.00719 e. The van der Waals surface area contributed by atoms with Gasteiger partial charge in [-0.25, -0.2) is 0 Å². The minimum absolute atomic E-state index is 0.552. The molecule has 0 amide bonds. The van der Waals surface area contributed by atoms with Crippen molar-refractivity contribution >= 4 is 0 Å². The number of benzene rings is 1. The highest BCUT2D eigenvalue weighted by Crippen LogP contribution is 2.46. The van der Waals surface area contributed by atoms with Gasteiger partial charge in [-0.05, 0) is 43.2 Å². The summed E-state index contributed by atoms with van der Waals surface area (Å²) in [7, 11) is 0. The fourth-order valence-electron chi connectivity index (χ4n) is 2.53. The molecule has 0 saturated heterocycles. The van der Waals surface area contributed by atoms with E-state index in [1.165, 1.54) is 37.7 Å². The second kappa shape index (κ2) is 4.14. The first kappa shape index (κ1) is 9.72. The minimum Gasteiger partial charge on any atom is -0.330 e. The molecule has 0 heterocycles. The highest BCUT2D eigenvalue weighted by molar-refractivity contribution is 5.17. The smallest absolute Gasteiger partial charge is 0.00719 e. The van der Waals surface area contributed by atoms with Gasteiger partial charge >= 0.3 is 0 Å². The lowest BCUT2D eigenvalue weighted by molar-refractivity contribution is 0.123. The third-order valence-electron chi connectivity index (χ3n) is 3.51. The summed E-state index contributed by atoms with van der Waals surface area (Å²) < 4.78 is 0. The molecule has 0 spiro atoms. The van der Waals surface area contributed by atoms with E-state index in [4.69, 9.17) is 5.73 Å². The van der Waals surface area contributed by atoms with E-state index < -0.39 is 0 Å².